The number of aromatic nitrogens is 3. The van der Waals surface area contributed by atoms with Gasteiger partial charge in [0.15, 0.2) is 0 Å². The van der Waals surface area contributed by atoms with E-state index in [1.807, 2.05) is 30.3 Å². The van der Waals surface area contributed by atoms with Crippen LogP contribution in [0, 0.1) is 0 Å². The number of halogens is 2. The summed E-state index contributed by atoms with van der Waals surface area (Å²) in [6.07, 6.45) is 2.48. The number of benzene rings is 1. The molecular formula is C16H14F2N4OS. The third-order valence-electron chi connectivity index (χ3n) is 3.43. The third-order valence-corrected chi connectivity index (χ3v) is 4.32. The molecule has 0 N–H and O–H groups in total. The smallest absolute Gasteiger partial charge is 0.319 e. The van der Waals surface area contributed by atoms with Crippen molar-refractivity contribution in [3.8, 4) is 10.6 Å². The van der Waals surface area contributed by atoms with E-state index in [1.165, 1.54) is 35.7 Å². The van der Waals surface area contributed by atoms with Crippen molar-refractivity contribution in [2.75, 3.05) is 7.05 Å². The first-order valence-electron chi connectivity index (χ1n) is 7.12. The number of hydrogen-bond donors (Lipinski definition) is 0. The van der Waals surface area contributed by atoms with E-state index in [4.69, 9.17) is 0 Å². The van der Waals surface area contributed by atoms with Crippen molar-refractivity contribution in [3.05, 3.63) is 59.6 Å². The molecule has 0 atom stereocenters. The monoisotopic (exact) mass is 348 g/mol. The first kappa shape index (κ1) is 16.3. The fraction of sp³-hybridized carbons (Fsp3) is 0.188. The van der Waals surface area contributed by atoms with Crippen LogP contribution in [-0.2, 0) is 6.54 Å². The Kier molecular flexibility index (Phi) is 4.66. The predicted octanol–water partition coefficient (Wildman–Crippen LogP) is 3.67. The van der Waals surface area contributed by atoms with Gasteiger partial charge in [-0.3, -0.25) is 9.36 Å². The Balaban J connectivity index is 1.74. The molecule has 2 aromatic heterocycles. The van der Waals surface area contributed by atoms with Crippen molar-refractivity contribution in [3.63, 3.8) is 0 Å². The lowest BCUT2D eigenvalue weighted by Crippen LogP contribution is -2.28. The van der Waals surface area contributed by atoms with Gasteiger partial charge >= 0.3 is 6.55 Å². The first-order chi connectivity index (χ1) is 11.6. The van der Waals surface area contributed by atoms with Crippen molar-refractivity contribution < 1.29 is 13.6 Å². The summed E-state index contributed by atoms with van der Waals surface area (Å²) >= 11 is 1.36. The highest BCUT2D eigenvalue weighted by Gasteiger charge is 2.19. The van der Waals surface area contributed by atoms with Crippen LogP contribution in [0.5, 0.6) is 0 Å². The zero-order valence-corrected chi connectivity index (χ0v) is 13.6. The standard InChI is InChI=1S/C16H14F2N4OS/c1-21(9-13-19-7-8-22(13)16(17)18)15(23)12-10-24-14(20-12)11-5-3-2-4-6-11/h2-8,10,16H,9H2,1H3. The lowest BCUT2D eigenvalue weighted by molar-refractivity contribution is 0.0611. The van der Waals surface area contributed by atoms with E-state index in [0.717, 1.165) is 15.1 Å². The molecule has 3 aromatic rings. The number of rotatable bonds is 5. The Morgan fingerprint density at radius 3 is 2.79 bits per heavy atom. The highest BCUT2D eigenvalue weighted by Crippen LogP contribution is 2.24. The lowest BCUT2D eigenvalue weighted by atomic mass is 10.2. The molecule has 3 rings (SSSR count). The average molecular weight is 348 g/mol. The minimum atomic E-state index is -2.69. The summed E-state index contributed by atoms with van der Waals surface area (Å²) < 4.78 is 26.4. The zero-order valence-electron chi connectivity index (χ0n) is 12.8. The van der Waals surface area contributed by atoms with Gasteiger partial charge in [0.05, 0.1) is 6.54 Å². The Morgan fingerprint density at radius 1 is 1.33 bits per heavy atom. The molecule has 0 bridgehead atoms. The maximum absolute atomic E-state index is 12.8. The van der Waals surface area contributed by atoms with Crippen molar-refractivity contribution >= 4 is 17.2 Å². The van der Waals surface area contributed by atoms with E-state index in [9.17, 15) is 13.6 Å². The Hall–Kier alpha value is -2.61. The van der Waals surface area contributed by atoms with Crippen LogP contribution < -0.4 is 0 Å². The molecule has 2 heterocycles. The molecule has 1 amide bonds. The van der Waals surface area contributed by atoms with Crippen LogP contribution in [0.3, 0.4) is 0 Å². The van der Waals surface area contributed by atoms with Gasteiger partial charge in [-0.15, -0.1) is 11.3 Å². The van der Waals surface area contributed by atoms with E-state index in [1.54, 1.807) is 5.38 Å². The fourth-order valence-corrected chi connectivity index (χ4v) is 3.01. The van der Waals surface area contributed by atoms with Crippen LogP contribution in [0.2, 0.25) is 0 Å². The molecule has 0 aliphatic heterocycles. The molecule has 0 aliphatic rings. The second-order valence-corrected chi connectivity index (χ2v) is 5.95. The van der Waals surface area contributed by atoms with Crippen LogP contribution in [0.4, 0.5) is 8.78 Å². The van der Waals surface area contributed by atoms with Crippen LogP contribution in [0.25, 0.3) is 10.6 Å². The summed E-state index contributed by atoms with van der Waals surface area (Å²) in [5.41, 5.74) is 1.22. The molecule has 5 nitrogen and oxygen atoms in total. The summed E-state index contributed by atoms with van der Waals surface area (Å²) in [5, 5.41) is 2.40. The summed E-state index contributed by atoms with van der Waals surface area (Å²) in [5.74, 6) is -0.211. The summed E-state index contributed by atoms with van der Waals surface area (Å²) in [6.45, 7) is -2.70. The van der Waals surface area contributed by atoms with Gasteiger partial charge in [-0.25, -0.2) is 9.97 Å². The number of nitrogens with zero attached hydrogens (tertiary/aromatic N) is 4. The fourth-order valence-electron chi connectivity index (χ4n) is 2.21. The number of carbonyl (C=O) groups is 1. The largest absolute Gasteiger partial charge is 0.333 e. The number of imidazole rings is 1. The van der Waals surface area contributed by atoms with Crippen molar-refractivity contribution in [1.82, 2.24) is 19.4 Å². The molecule has 124 valence electrons. The quantitative estimate of drug-likeness (QED) is 0.707. The van der Waals surface area contributed by atoms with E-state index < -0.39 is 6.55 Å². The predicted molar refractivity (Wildman–Crippen MR) is 86.8 cm³/mol. The topological polar surface area (TPSA) is 51.0 Å². The minimum absolute atomic E-state index is 0.0195. The van der Waals surface area contributed by atoms with E-state index in [-0.39, 0.29) is 24.0 Å². The van der Waals surface area contributed by atoms with Crippen LogP contribution in [0.1, 0.15) is 22.9 Å². The van der Waals surface area contributed by atoms with Crippen molar-refractivity contribution in [2.45, 2.75) is 13.1 Å². The minimum Gasteiger partial charge on any atom is -0.333 e. The molecule has 0 saturated heterocycles. The average Bonchev–Trinajstić information content (AvgIpc) is 3.24. The van der Waals surface area contributed by atoms with Crippen molar-refractivity contribution in [1.29, 1.82) is 0 Å². The van der Waals surface area contributed by atoms with Gasteiger partial charge in [-0.05, 0) is 0 Å². The molecule has 8 heteroatoms. The molecular weight excluding hydrogens is 334 g/mol. The normalized spacial score (nSPS) is 11.0. The molecule has 0 aliphatic carbocycles. The van der Waals surface area contributed by atoms with Gasteiger partial charge in [0.2, 0.25) is 0 Å². The molecule has 24 heavy (non-hydrogen) atoms. The molecule has 0 fully saturated rings. The molecule has 0 unspecified atom stereocenters. The van der Waals surface area contributed by atoms with Crippen molar-refractivity contribution in [2.24, 2.45) is 0 Å². The van der Waals surface area contributed by atoms with Gasteiger partial charge < -0.3 is 4.90 Å². The Labute approximate surface area is 141 Å². The van der Waals surface area contributed by atoms with Crippen LogP contribution >= 0.6 is 11.3 Å². The van der Waals surface area contributed by atoms with Crippen LogP contribution in [0.15, 0.2) is 48.1 Å². The highest BCUT2D eigenvalue weighted by molar-refractivity contribution is 7.13. The Bertz CT molecular complexity index is 831. The number of hydrogen-bond acceptors (Lipinski definition) is 4. The molecule has 0 saturated carbocycles. The van der Waals surface area contributed by atoms with Gasteiger partial charge in [-0.1, -0.05) is 30.3 Å². The van der Waals surface area contributed by atoms with Gasteiger partial charge in [0.1, 0.15) is 16.5 Å². The molecule has 1 aromatic carbocycles. The van der Waals surface area contributed by atoms with Gasteiger partial charge in [0.25, 0.3) is 5.91 Å². The maximum Gasteiger partial charge on any atom is 0.319 e. The summed E-state index contributed by atoms with van der Waals surface area (Å²) in [6, 6.07) is 9.53. The third kappa shape index (κ3) is 3.33. The van der Waals surface area contributed by atoms with Crippen LogP contribution in [-0.4, -0.2) is 32.4 Å². The zero-order chi connectivity index (χ0) is 17.1. The van der Waals surface area contributed by atoms with E-state index in [0.29, 0.717) is 0 Å². The summed E-state index contributed by atoms with van der Waals surface area (Å²) in [7, 11) is 1.54. The number of amides is 1. The number of alkyl halides is 2. The maximum atomic E-state index is 12.8. The lowest BCUT2D eigenvalue weighted by Gasteiger charge is -2.16. The van der Waals surface area contributed by atoms with Gasteiger partial charge in [0, 0.05) is 30.4 Å². The van der Waals surface area contributed by atoms with E-state index in [2.05, 4.69) is 9.97 Å². The van der Waals surface area contributed by atoms with Gasteiger partial charge in [-0.2, -0.15) is 8.78 Å². The SMILES string of the molecule is CN(Cc1nccn1C(F)F)C(=O)c1csc(-c2ccccc2)n1. The number of carbonyl (C=O) groups excluding carboxylic acids is 1. The molecule has 0 spiro atoms. The first-order valence-corrected chi connectivity index (χ1v) is 8.00. The summed E-state index contributed by atoms with van der Waals surface area (Å²) in [4.78, 5) is 22.0. The molecule has 0 radical (unpaired) electrons. The highest BCUT2D eigenvalue weighted by atomic mass is 32.1. The van der Waals surface area contributed by atoms with E-state index >= 15 is 0 Å². The number of thiazole rings is 1. The second-order valence-electron chi connectivity index (χ2n) is 5.09. The Morgan fingerprint density at radius 2 is 2.08 bits per heavy atom. The second kappa shape index (κ2) is 6.88.